The fourth-order valence-corrected chi connectivity index (χ4v) is 1.57. The first-order chi connectivity index (χ1) is 6.67. The van der Waals surface area contributed by atoms with Gasteiger partial charge < -0.3 is 15.5 Å². The van der Waals surface area contributed by atoms with Gasteiger partial charge in [0.15, 0.2) is 5.11 Å². The molecule has 76 valence electrons. The number of thiocarbonyl (C=S) groups is 1. The van der Waals surface area contributed by atoms with E-state index in [9.17, 15) is 0 Å². The van der Waals surface area contributed by atoms with Crippen LogP contribution in [0.1, 0.15) is 0 Å². The molecule has 0 amide bonds. The van der Waals surface area contributed by atoms with E-state index >= 15 is 0 Å². The van der Waals surface area contributed by atoms with Crippen molar-refractivity contribution in [1.29, 1.82) is 0 Å². The third kappa shape index (κ3) is 2.83. The third-order valence-electron chi connectivity index (χ3n) is 1.54. The van der Waals surface area contributed by atoms with Gasteiger partial charge in [0.25, 0.3) is 0 Å². The SMILES string of the molecule is COc1ccc(NC(=S)NN)cc1Br. The van der Waals surface area contributed by atoms with Crippen molar-refractivity contribution in [2.24, 2.45) is 5.84 Å². The van der Waals surface area contributed by atoms with E-state index in [0.29, 0.717) is 5.11 Å². The van der Waals surface area contributed by atoms with Gasteiger partial charge in [0.05, 0.1) is 11.6 Å². The molecule has 0 aliphatic heterocycles. The van der Waals surface area contributed by atoms with E-state index in [4.69, 9.17) is 22.8 Å². The van der Waals surface area contributed by atoms with E-state index in [2.05, 4.69) is 26.7 Å². The minimum atomic E-state index is 0.363. The highest BCUT2D eigenvalue weighted by Crippen LogP contribution is 2.27. The summed E-state index contributed by atoms with van der Waals surface area (Å²) >= 11 is 8.21. The number of nitrogens with two attached hydrogens (primary N) is 1. The van der Waals surface area contributed by atoms with Crippen LogP contribution in [-0.2, 0) is 0 Å². The van der Waals surface area contributed by atoms with Crippen LogP contribution in [0, 0.1) is 0 Å². The number of ether oxygens (including phenoxy) is 1. The lowest BCUT2D eigenvalue weighted by Gasteiger charge is -2.08. The molecular formula is C8H10BrN3OS. The molecule has 4 N–H and O–H groups in total. The van der Waals surface area contributed by atoms with Crippen LogP contribution >= 0.6 is 28.1 Å². The number of rotatable bonds is 2. The zero-order valence-electron chi connectivity index (χ0n) is 7.50. The number of anilines is 1. The van der Waals surface area contributed by atoms with Crippen LogP contribution in [-0.4, -0.2) is 12.2 Å². The lowest BCUT2D eigenvalue weighted by Crippen LogP contribution is -2.34. The predicted molar refractivity (Wildman–Crippen MR) is 64.2 cm³/mol. The van der Waals surface area contributed by atoms with Gasteiger partial charge in [-0.3, -0.25) is 0 Å². The maximum Gasteiger partial charge on any atom is 0.185 e. The Bertz CT molecular complexity index is 345. The van der Waals surface area contributed by atoms with Crippen molar-refractivity contribution in [2.75, 3.05) is 12.4 Å². The molecule has 1 rings (SSSR count). The average Bonchev–Trinajstić information content (AvgIpc) is 2.18. The Labute approximate surface area is 95.9 Å². The van der Waals surface area contributed by atoms with Crippen molar-refractivity contribution in [2.45, 2.75) is 0 Å². The Kier molecular flexibility index (Phi) is 4.12. The Morgan fingerprint density at radius 2 is 2.29 bits per heavy atom. The number of hydrogen-bond acceptors (Lipinski definition) is 3. The average molecular weight is 276 g/mol. The molecule has 0 saturated carbocycles. The number of nitrogens with one attached hydrogen (secondary N) is 2. The topological polar surface area (TPSA) is 59.3 Å². The van der Waals surface area contributed by atoms with Crippen molar-refractivity contribution in [3.8, 4) is 5.75 Å². The van der Waals surface area contributed by atoms with Gasteiger partial charge in [0.1, 0.15) is 5.75 Å². The fourth-order valence-electron chi connectivity index (χ4n) is 0.911. The summed E-state index contributed by atoms with van der Waals surface area (Å²) in [4.78, 5) is 0. The lowest BCUT2D eigenvalue weighted by molar-refractivity contribution is 0.412. The van der Waals surface area contributed by atoms with Crippen LogP contribution in [0.5, 0.6) is 5.75 Å². The van der Waals surface area contributed by atoms with Crippen molar-refractivity contribution in [3.63, 3.8) is 0 Å². The van der Waals surface area contributed by atoms with Crippen LogP contribution in [0.2, 0.25) is 0 Å². The monoisotopic (exact) mass is 275 g/mol. The number of hydrazine groups is 1. The molecule has 1 aromatic carbocycles. The second-order valence-corrected chi connectivity index (χ2v) is 3.71. The Balaban J connectivity index is 2.81. The van der Waals surface area contributed by atoms with Crippen LogP contribution in [0.4, 0.5) is 5.69 Å². The molecule has 0 atom stereocenters. The standard InChI is InChI=1S/C8H10BrN3OS/c1-13-7-3-2-5(4-6(7)9)11-8(14)12-10/h2-4H,10H2,1H3,(H2,11,12,14). The Morgan fingerprint density at radius 1 is 1.57 bits per heavy atom. The van der Waals surface area contributed by atoms with Crippen LogP contribution < -0.4 is 21.3 Å². The highest BCUT2D eigenvalue weighted by atomic mass is 79.9. The second kappa shape index (κ2) is 5.14. The van der Waals surface area contributed by atoms with Gasteiger partial charge in [-0.15, -0.1) is 0 Å². The van der Waals surface area contributed by atoms with Crippen molar-refractivity contribution in [3.05, 3.63) is 22.7 Å². The van der Waals surface area contributed by atoms with E-state index < -0.39 is 0 Å². The lowest BCUT2D eigenvalue weighted by atomic mass is 10.3. The Morgan fingerprint density at radius 3 is 2.79 bits per heavy atom. The number of methoxy groups -OCH3 is 1. The minimum Gasteiger partial charge on any atom is -0.496 e. The molecular weight excluding hydrogens is 266 g/mol. The normalized spacial score (nSPS) is 9.36. The Hall–Kier alpha value is -0.850. The summed E-state index contributed by atoms with van der Waals surface area (Å²) < 4.78 is 5.94. The third-order valence-corrected chi connectivity index (χ3v) is 2.38. The summed E-state index contributed by atoms with van der Waals surface area (Å²) in [5, 5.41) is 3.26. The maximum atomic E-state index is 5.12. The molecule has 0 heterocycles. The van der Waals surface area contributed by atoms with Gasteiger partial charge in [-0.25, -0.2) is 5.84 Å². The summed E-state index contributed by atoms with van der Waals surface area (Å²) in [5.41, 5.74) is 3.17. The minimum absolute atomic E-state index is 0.363. The first-order valence-corrected chi connectivity index (χ1v) is 4.98. The molecule has 0 aliphatic carbocycles. The van der Waals surface area contributed by atoms with Gasteiger partial charge in [0, 0.05) is 5.69 Å². The van der Waals surface area contributed by atoms with Gasteiger partial charge in [-0.05, 0) is 46.3 Å². The van der Waals surface area contributed by atoms with E-state index in [0.717, 1.165) is 15.9 Å². The summed E-state index contributed by atoms with van der Waals surface area (Å²) in [6.45, 7) is 0. The van der Waals surface area contributed by atoms with E-state index in [1.807, 2.05) is 18.2 Å². The molecule has 0 radical (unpaired) electrons. The highest BCUT2D eigenvalue weighted by Gasteiger charge is 2.01. The number of hydrogen-bond donors (Lipinski definition) is 3. The van der Waals surface area contributed by atoms with E-state index in [-0.39, 0.29) is 0 Å². The van der Waals surface area contributed by atoms with Gasteiger partial charge >= 0.3 is 0 Å². The van der Waals surface area contributed by atoms with Crippen LogP contribution in [0.3, 0.4) is 0 Å². The van der Waals surface area contributed by atoms with E-state index in [1.54, 1.807) is 7.11 Å². The predicted octanol–water partition coefficient (Wildman–Crippen LogP) is 1.62. The van der Waals surface area contributed by atoms with Crippen molar-refractivity contribution in [1.82, 2.24) is 5.43 Å². The van der Waals surface area contributed by atoms with Crippen LogP contribution in [0.15, 0.2) is 22.7 Å². The smallest absolute Gasteiger partial charge is 0.185 e. The molecule has 0 bridgehead atoms. The largest absolute Gasteiger partial charge is 0.496 e. The number of halogens is 1. The fraction of sp³-hybridized carbons (Fsp3) is 0.125. The molecule has 0 unspecified atom stereocenters. The summed E-state index contributed by atoms with van der Waals surface area (Å²) in [7, 11) is 1.61. The molecule has 14 heavy (non-hydrogen) atoms. The maximum absolute atomic E-state index is 5.12. The van der Waals surface area contributed by atoms with E-state index in [1.165, 1.54) is 0 Å². The zero-order chi connectivity index (χ0) is 10.6. The van der Waals surface area contributed by atoms with Crippen LogP contribution in [0.25, 0.3) is 0 Å². The molecule has 6 heteroatoms. The highest BCUT2D eigenvalue weighted by molar-refractivity contribution is 9.10. The first-order valence-electron chi connectivity index (χ1n) is 3.78. The molecule has 0 aromatic heterocycles. The molecule has 0 spiro atoms. The summed E-state index contributed by atoms with van der Waals surface area (Å²) in [6.07, 6.45) is 0. The second-order valence-electron chi connectivity index (χ2n) is 2.45. The summed E-state index contributed by atoms with van der Waals surface area (Å²) in [6, 6.07) is 5.52. The molecule has 1 aromatic rings. The molecule has 0 aliphatic rings. The van der Waals surface area contributed by atoms with Gasteiger partial charge in [0.2, 0.25) is 0 Å². The van der Waals surface area contributed by atoms with Crippen molar-refractivity contribution >= 4 is 38.9 Å². The van der Waals surface area contributed by atoms with Gasteiger partial charge in [-0.1, -0.05) is 0 Å². The first kappa shape index (κ1) is 11.2. The summed E-state index contributed by atoms with van der Waals surface area (Å²) in [5.74, 6) is 5.89. The molecule has 0 fully saturated rings. The van der Waals surface area contributed by atoms with Gasteiger partial charge in [-0.2, -0.15) is 0 Å². The number of benzene rings is 1. The quantitative estimate of drug-likeness (QED) is 0.435. The zero-order valence-corrected chi connectivity index (χ0v) is 9.91. The van der Waals surface area contributed by atoms with Crippen molar-refractivity contribution < 1.29 is 4.74 Å². The molecule has 0 saturated heterocycles. The molecule has 4 nitrogen and oxygen atoms in total.